The number of hydrogen-bond acceptors (Lipinski definition) is 2. The zero-order valence-electron chi connectivity index (χ0n) is 14.5. The van der Waals surface area contributed by atoms with E-state index in [0.29, 0.717) is 11.3 Å². The molecule has 126 valence electrons. The maximum Gasteiger partial charge on any atom is 0.101 e. The molecule has 0 saturated carbocycles. The molecule has 3 heteroatoms. The molecule has 3 aromatic carbocycles. The first-order valence-corrected chi connectivity index (χ1v) is 8.81. The molecule has 0 radical (unpaired) electrons. The van der Waals surface area contributed by atoms with Crippen molar-refractivity contribution >= 4 is 21.8 Å². The van der Waals surface area contributed by atoms with Crippen molar-refractivity contribution in [1.29, 1.82) is 5.26 Å². The highest BCUT2D eigenvalue weighted by molar-refractivity contribution is 6.09. The fourth-order valence-corrected chi connectivity index (χ4v) is 3.72. The van der Waals surface area contributed by atoms with Crippen LogP contribution < -0.4 is 0 Å². The van der Waals surface area contributed by atoms with Gasteiger partial charge >= 0.3 is 0 Å². The van der Waals surface area contributed by atoms with Gasteiger partial charge in [-0.15, -0.1) is 0 Å². The number of hydrogen-bond donors (Lipinski definition) is 0. The maximum atomic E-state index is 9.42. The highest BCUT2D eigenvalue weighted by Crippen LogP contribution is 2.33. The van der Waals surface area contributed by atoms with E-state index in [1.54, 1.807) is 18.3 Å². The highest BCUT2D eigenvalue weighted by Gasteiger charge is 2.13. The van der Waals surface area contributed by atoms with Crippen LogP contribution in [0.4, 0.5) is 0 Å². The minimum atomic E-state index is 0.580. The van der Waals surface area contributed by atoms with Crippen LogP contribution >= 0.6 is 0 Å². The molecule has 3 nitrogen and oxygen atoms in total. The molecule has 2 heterocycles. The van der Waals surface area contributed by atoms with Crippen molar-refractivity contribution in [2.75, 3.05) is 0 Å². The number of rotatable bonds is 2. The molecule has 0 aliphatic rings. The molecule has 5 aromatic rings. The number of aromatic nitrogens is 2. The average molecular weight is 345 g/mol. The van der Waals surface area contributed by atoms with Gasteiger partial charge < -0.3 is 4.57 Å². The van der Waals surface area contributed by atoms with Gasteiger partial charge in [-0.3, -0.25) is 4.98 Å². The Hall–Kier alpha value is -3.90. The molecular weight excluding hydrogens is 330 g/mol. The summed E-state index contributed by atoms with van der Waals surface area (Å²) >= 11 is 0. The molecule has 0 bridgehead atoms. The van der Waals surface area contributed by atoms with Gasteiger partial charge in [-0.2, -0.15) is 5.26 Å². The molecular formula is C24H15N3. The van der Waals surface area contributed by atoms with Crippen molar-refractivity contribution < 1.29 is 0 Å². The van der Waals surface area contributed by atoms with Crippen LogP contribution in [0.3, 0.4) is 0 Å². The number of nitriles is 1. The second kappa shape index (κ2) is 6.12. The van der Waals surface area contributed by atoms with E-state index < -0.39 is 0 Å². The van der Waals surface area contributed by atoms with Gasteiger partial charge in [-0.1, -0.05) is 48.5 Å². The molecule has 0 amide bonds. The monoisotopic (exact) mass is 345 g/mol. The molecule has 0 saturated heterocycles. The standard InChI is InChI=1S/C24H15N3/c25-16-18-8-6-14-26-24(18)17-7-5-9-19(15-17)27-22-12-3-1-10-20(22)21-11-2-4-13-23(21)27/h1-15H. The summed E-state index contributed by atoms with van der Waals surface area (Å²) in [6.45, 7) is 0. The van der Waals surface area contributed by atoms with E-state index in [9.17, 15) is 5.26 Å². The molecule has 5 rings (SSSR count). The van der Waals surface area contributed by atoms with Gasteiger partial charge in [-0.25, -0.2) is 0 Å². The lowest BCUT2D eigenvalue weighted by molar-refractivity contribution is 1.18. The number of nitrogens with zero attached hydrogens (tertiary/aromatic N) is 3. The Bertz CT molecular complexity index is 1290. The summed E-state index contributed by atoms with van der Waals surface area (Å²) < 4.78 is 2.27. The first-order valence-electron chi connectivity index (χ1n) is 8.81. The van der Waals surface area contributed by atoms with Crippen LogP contribution in [0.15, 0.2) is 91.1 Å². The third kappa shape index (κ3) is 2.39. The highest BCUT2D eigenvalue weighted by atomic mass is 15.0. The average Bonchev–Trinajstić information content (AvgIpc) is 3.08. The second-order valence-corrected chi connectivity index (χ2v) is 6.43. The Balaban J connectivity index is 1.81. The summed E-state index contributed by atoms with van der Waals surface area (Å²) in [7, 11) is 0. The van der Waals surface area contributed by atoms with Crippen LogP contribution in [0.2, 0.25) is 0 Å². The second-order valence-electron chi connectivity index (χ2n) is 6.43. The van der Waals surface area contributed by atoms with Crippen molar-refractivity contribution in [3.63, 3.8) is 0 Å². The number of para-hydroxylation sites is 2. The van der Waals surface area contributed by atoms with Crippen LogP contribution in [-0.4, -0.2) is 9.55 Å². The normalized spacial score (nSPS) is 10.9. The fraction of sp³-hybridized carbons (Fsp3) is 0. The Morgan fingerprint density at radius 1 is 0.741 bits per heavy atom. The first-order chi connectivity index (χ1) is 13.4. The largest absolute Gasteiger partial charge is 0.309 e. The molecule has 27 heavy (non-hydrogen) atoms. The van der Waals surface area contributed by atoms with Gasteiger partial charge in [0, 0.05) is 28.2 Å². The molecule has 0 aliphatic carbocycles. The fourth-order valence-electron chi connectivity index (χ4n) is 3.72. The van der Waals surface area contributed by atoms with Gasteiger partial charge in [-0.05, 0) is 36.4 Å². The summed E-state index contributed by atoms with van der Waals surface area (Å²) in [5, 5.41) is 11.9. The number of pyridine rings is 1. The van der Waals surface area contributed by atoms with E-state index in [0.717, 1.165) is 22.3 Å². The van der Waals surface area contributed by atoms with Crippen LogP contribution in [-0.2, 0) is 0 Å². The van der Waals surface area contributed by atoms with E-state index >= 15 is 0 Å². The molecule has 0 N–H and O–H groups in total. The van der Waals surface area contributed by atoms with Crippen molar-refractivity contribution in [2.45, 2.75) is 0 Å². The third-order valence-corrected chi connectivity index (χ3v) is 4.89. The predicted octanol–water partition coefficient (Wildman–Crippen LogP) is 5.72. The smallest absolute Gasteiger partial charge is 0.101 e. The van der Waals surface area contributed by atoms with E-state index in [4.69, 9.17) is 0 Å². The summed E-state index contributed by atoms with van der Waals surface area (Å²) in [6.07, 6.45) is 1.73. The van der Waals surface area contributed by atoms with E-state index in [2.05, 4.69) is 76.3 Å². The number of fused-ring (bicyclic) bond motifs is 3. The summed E-state index contributed by atoms with van der Waals surface area (Å²) in [5.74, 6) is 0. The Morgan fingerprint density at radius 2 is 1.44 bits per heavy atom. The molecule has 0 spiro atoms. The van der Waals surface area contributed by atoms with Crippen LogP contribution in [0.1, 0.15) is 5.56 Å². The van der Waals surface area contributed by atoms with Crippen LogP contribution in [0, 0.1) is 11.3 Å². The van der Waals surface area contributed by atoms with Gasteiger partial charge in [0.15, 0.2) is 0 Å². The zero-order valence-corrected chi connectivity index (χ0v) is 14.5. The Labute approximate surface area is 156 Å². The third-order valence-electron chi connectivity index (χ3n) is 4.89. The lowest BCUT2D eigenvalue weighted by Crippen LogP contribution is -1.95. The summed E-state index contributed by atoms with van der Waals surface area (Å²) in [6, 6.07) is 30.9. The van der Waals surface area contributed by atoms with Crippen LogP contribution in [0.5, 0.6) is 0 Å². The topological polar surface area (TPSA) is 41.6 Å². The summed E-state index contributed by atoms with van der Waals surface area (Å²) in [5.41, 5.74) is 5.61. The quantitative estimate of drug-likeness (QED) is 0.411. The SMILES string of the molecule is N#Cc1cccnc1-c1cccc(-n2c3ccccc3c3ccccc32)c1. The summed E-state index contributed by atoms with van der Waals surface area (Å²) in [4.78, 5) is 4.44. The molecule has 0 aliphatic heterocycles. The van der Waals surface area contributed by atoms with E-state index in [-0.39, 0.29) is 0 Å². The van der Waals surface area contributed by atoms with Gasteiger partial charge in [0.1, 0.15) is 6.07 Å². The maximum absolute atomic E-state index is 9.42. The van der Waals surface area contributed by atoms with Crippen molar-refractivity contribution in [2.24, 2.45) is 0 Å². The van der Waals surface area contributed by atoms with Crippen molar-refractivity contribution in [1.82, 2.24) is 9.55 Å². The molecule has 0 fully saturated rings. The lowest BCUT2D eigenvalue weighted by atomic mass is 10.1. The number of benzene rings is 3. The van der Waals surface area contributed by atoms with E-state index in [1.807, 2.05) is 12.1 Å². The molecule has 0 atom stereocenters. The van der Waals surface area contributed by atoms with Crippen LogP contribution in [0.25, 0.3) is 38.8 Å². The van der Waals surface area contributed by atoms with E-state index in [1.165, 1.54) is 10.8 Å². The minimum absolute atomic E-state index is 0.580. The first kappa shape index (κ1) is 15.4. The Morgan fingerprint density at radius 3 is 2.15 bits per heavy atom. The van der Waals surface area contributed by atoms with Crippen molar-refractivity contribution in [3.8, 4) is 23.0 Å². The molecule has 0 unspecified atom stereocenters. The van der Waals surface area contributed by atoms with Crippen molar-refractivity contribution in [3.05, 3.63) is 96.7 Å². The lowest BCUT2D eigenvalue weighted by Gasteiger charge is -2.10. The molecule has 2 aromatic heterocycles. The van der Waals surface area contributed by atoms with Gasteiger partial charge in [0.2, 0.25) is 0 Å². The zero-order chi connectivity index (χ0) is 18.2. The van der Waals surface area contributed by atoms with Gasteiger partial charge in [0.05, 0.1) is 22.3 Å². The minimum Gasteiger partial charge on any atom is -0.309 e. The predicted molar refractivity (Wildman–Crippen MR) is 109 cm³/mol. The Kier molecular flexibility index (Phi) is 3.48. The van der Waals surface area contributed by atoms with Gasteiger partial charge in [0.25, 0.3) is 0 Å².